The maximum Gasteiger partial charge on any atom is 0.218 e. The molecule has 0 aliphatic heterocycles. The molecule has 0 heterocycles. The van der Waals surface area contributed by atoms with Gasteiger partial charge < -0.3 is 9.47 Å². The predicted octanol–water partition coefficient (Wildman–Crippen LogP) is 5.86. The van der Waals surface area contributed by atoms with E-state index in [4.69, 9.17) is 9.47 Å². The second-order valence-corrected chi connectivity index (χ2v) is 10.9. The van der Waals surface area contributed by atoms with E-state index in [2.05, 4.69) is 6.58 Å². The molecule has 3 aromatic carbocycles. The third kappa shape index (κ3) is 7.20. The molecule has 0 saturated heterocycles. The van der Waals surface area contributed by atoms with Crippen molar-refractivity contribution < 1.29 is 17.9 Å². The van der Waals surface area contributed by atoms with Crippen LogP contribution in [0.2, 0.25) is 0 Å². The molecule has 186 valence electrons. The summed E-state index contributed by atoms with van der Waals surface area (Å²) >= 11 is 0. The Kier molecular flexibility index (Phi) is 9.52. The third-order valence-electron chi connectivity index (χ3n) is 6.23. The van der Waals surface area contributed by atoms with Gasteiger partial charge in [-0.2, -0.15) is 4.31 Å². The van der Waals surface area contributed by atoms with Crippen molar-refractivity contribution in [3.63, 3.8) is 0 Å². The first-order chi connectivity index (χ1) is 16.9. The van der Waals surface area contributed by atoms with E-state index in [9.17, 15) is 8.42 Å². The van der Waals surface area contributed by atoms with Crippen LogP contribution in [0.25, 0.3) is 0 Å². The molecule has 0 aliphatic carbocycles. The molecule has 5 nitrogen and oxygen atoms in total. The first-order valence-corrected chi connectivity index (χ1v) is 13.3. The maximum absolute atomic E-state index is 14.2. The van der Waals surface area contributed by atoms with Crippen molar-refractivity contribution in [1.29, 1.82) is 0 Å². The Morgan fingerprint density at radius 3 is 1.71 bits per heavy atom. The third-order valence-corrected chi connectivity index (χ3v) is 8.61. The van der Waals surface area contributed by atoms with E-state index in [1.165, 1.54) is 0 Å². The number of hydrogen-bond acceptors (Lipinski definition) is 4. The number of hydrogen-bond donors (Lipinski definition) is 0. The summed E-state index contributed by atoms with van der Waals surface area (Å²) in [4.78, 5) is 0. The second-order valence-electron chi connectivity index (χ2n) is 8.74. The molecule has 0 N–H and O–H groups in total. The Labute approximate surface area is 210 Å². The summed E-state index contributed by atoms with van der Waals surface area (Å²) in [5.41, 5.74) is 2.81. The van der Waals surface area contributed by atoms with Gasteiger partial charge in [-0.1, -0.05) is 67.6 Å². The number of rotatable bonds is 13. The fraction of sp³-hybridized carbons (Fsp3) is 0.310. The number of allylic oxidation sites excluding steroid dienone is 1. The van der Waals surface area contributed by atoms with Crippen LogP contribution in [0.5, 0.6) is 11.5 Å². The molecule has 0 bridgehead atoms. The zero-order valence-electron chi connectivity index (χ0n) is 20.8. The Hall–Kier alpha value is -3.09. The van der Waals surface area contributed by atoms with Crippen LogP contribution >= 0.6 is 0 Å². The minimum Gasteiger partial charge on any atom is -0.497 e. The van der Waals surface area contributed by atoms with Gasteiger partial charge in [-0.05, 0) is 59.7 Å². The SMILES string of the molecule is C=CC[C@H](C)[C@H](Cc1ccccc1)S(=O)(=O)N(Cc1ccc(OC)cc1)Cc1ccc(OC)cc1. The average Bonchev–Trinajstić information content (AvgIpc) is 2.88. The zero-order chi connectivity index (χ0) is 25.3. The lowest BCUT2D eigenvalue weighted by molar-refractivity contribution is 0.377. The molecule has 0 radical (unpaired) electrons. The predicted molar refractivity (Wildman–Crippen MR) is 142 cm³/mol. The minimum absolute atomic E-state index is 0.0908. The van der Waals surface area contributed by atoms with Crippen LogP contribution < -0.4 is 9.47 Å². The molecule has 0 amide bonds. The minimum atomic E-state index is -3.69. The van der Waals surface area contributed by atoms with Crippen LogP contribution in [0.1, 0.15) is 30.0 Å². The van der Waals surface area contributed by atoms with Crippen molar-refractivity contribution in [3.05, 3.63) is 108 Å². The Bertz CT molecular complexity index is 1110. The second kappa shape index (κ2) is 12.6. The number of benzene rings is 3. The first-order valence-electron chi connectivity index (χ1n) is 11.8. The number of sulfonamides is 1. The molecule has 0 aromatic heterocycles. The van der Waals surface area contributed by atoms with E-state index < -0.39 is 15.3 Å². The maximum atomic E-state index is 14.2. The van der Waals surface area contributed by atoms with Crippen molar-refractivity contribution in [2.24, 2.45) is 5.92 Å². The van der Waals surface area contributed by atoms with Crippen molar-refractivity contribution in [1.82, 2.24) is 4.31 Å². The average molecular weight is 494 g/mol. The Morgan fingerprint density at radius 1 is 0.800 bits per heavy atom. The Balaban J connectivity index is 1.98. The summed E-state index contributed by atoms with van der Waals surface area (Å²) in [6.07, 6.45) is 2.87. The monoisotopic (exact) mass is 493 g/mol. The van der Waals surface area contributed by atoms with Crippen LogP contribution in [0, 0.1) is 5.92 Å². The van der Waals surface area contributed by atoms with E-state index in [1.54, 1.807) is 24.6 Å². The van der Waals surface area contributed by atoms with Crippen LogP contribution in [0.4, 0.5) is 0 Å². The van der Waals surface area contributed by atoms with Gasteiger partial charge in [0.15, 0.2) is 0 Å². The van der Waals surface area contributed by atoms with E-state index in [0.29, 0.717) is 12.8 Å². The molecule has 35 heavy (non-hydrogen) atoms. The fourth-order valence-corrected chi connectivity index (χ4v) is 6.30. The smallest absolute Gasteiger partial charge is 0.218 e. The topological polar surface area (TPSA) is 55.8 Å². The van der Waals surface area contributed by atoms with Crippen molar-refractivity contribution >= 4 is 10.0 Å². The summed E-state index contributed by atoms with van der Waals surface area (Å²) in [6, 6.07) is 24.9. The molecule has 0 fully saturated rings. The zero-order valence-corrected chi connectivity index (χ0v) is 21.6. The summed E-state index contributed by atoms with van der Waals surface area (Å²) in [7, 11) is -0.456. The van der Waals surface area contributed by atoms with Crippen LogP contribution in [-0.2, 0) is 29.5 Å². The van der Waals surface area contributed by atoms with E-state index in [-0.39, 0.29) is 19.0 Å². The lowest BCUT2D eigenvalue weighted by Gasteiger charge is -2.31. The molecule has 6 heteroatoms. The summed E-state index contributed by atoms with van der Waals surface area (Å²) in [6.45, 7) is 6.38. The summed E-state index contributed by atoms with van der Waals surface area (Å²) < 4.78 is 40.6. The largest absolute Gasteiger partial charge is 0.497 e. The molecule has 3 rings (SSSR count). The van der Waals surface area contributed by atoms with Gasteiger partial charge in [-0.15, -0.1) is 6.58 Å². The first kappa shape index (κ1) is 26.5. The van der Waals surface area contributed by atoms with Gasteiger partial charge in [-0.3, -0.25) is 0 Å². The molecule has 3 aromatic rings. The fourth-order valence-electron chi connectivity index (χ4n) is 4.16. The quantitative estimate of drug-likeness (QED) is 0.280. The molecule has 0 saturated carbocycles. The lowest BCUT2D eigenvalue weighted by Crippen LogP contribution is -2.42. The van der Waals surface area contributed by atoms with Gasteiger partial charge in [-0.25, -0.2) is 8.42 Å². The summed E-state index contributed by atoms with van der Waals surface area (Å²) in [5, 5.41) is -0.584. The van der Waals surface area contributed by atoms with Gasteiger partial charge >= 0.3 is 0 Å². The number of methoxy groups -OCH3 is 2. The lowest BCUT2D eigenvalue weighted by atomic mass is 9.98. The van der Waals surface area contributed by atoms with Gasteiger partial charge in [0.05, 0.1) is 19.5 Å². The highest BCUT2D eigenvalue weighted by molar-refractivity contribution is 7.89. The Morgan fingerprint density at radius 2 is 1.29 bits per heavy atom. The van der Waals surface area contributed by atoms with Gasteiger partial charge in [0.25, 0.3) is 0 Å². The molecule has 2 atom stereocenters. The molecular formula is C29H35NO4S. The highest BCUT2D eigenvalue weighted by Crippen LogP contribution is 2.28. The van der Waals surface area contributed by atoms with E-state index in [1.807, 2.05) is 85.8 Å². The highest BCUT2D eigenvalue weighted by Gasteiger charge is 2.35. The van der Waals surface area contributed by atoms with Gasteiger partial charge in [0.2, 0.25) is 10.0 Å². The van der Waals surface area contributed by atoms with Crippen LogP contribution in [0.15, 0.2) is 91.5 Å². The number of nitrogens with zero attached hydrogens (tertiary/aromatic N) is 1. The van der Waals surface area contributed by atoms with E-state index >= 15 is 0 Å². The number of ether oxygens (including phenoxy) is 2. The highest BCUT2D eigenvalue weighted by atomic mass is 32.2. The van der Waals surface area contributed by atoms with Crippen molar-refractivity contribution in [2.45, 2.75) is 38.1 Å². The molecule has 0 spiro atoms. The van der Waals surface area contributed by atoms with Crippen molar-refractivity contribution in [3.8, 4) is 11.5 Å². The molecular weight excluding hydrogens is 458 g/mol. The standard InChI is InChI=1S/C29H35NO4S/c1-5-9-23(2)29(20-24-10-7-6-8-11-24)35(31,32)30(21-25-12-16-27(33-3)17-13-25)22-26-14-18-28(34-4)19-15-26/h5-8,10-19,23,29H,1,9,20-22H2,2-4H3/t23-,29-/m0/s1. The molecule has 0 unspecified atom stereocenters. The van der Waals surface area contributed by atoms with Crippen LogP contribution in [-0.4, -0.2) is 32.2 Å². The van der Waals surface area contributed by atoms with E-state index in [0.717, 1.165) is 28.2 Å². The van der Waals surface area contributed by atoms with Crippen LogP contribution in [0.3, 0.4) is 0 Å². The van der Waals surface area contributed by atoms with Gasteiger partial charge in [0.1, 0.15) is 11.5 Å². The molecule has 0 aliphatic rings. The normalized spacial score (nSPS) is 13.3. The summed E-state index contributed by atoms with van der Waals surface area (Å²) in [5.74, 6) is 1.38. The van der Waals surface area contributed by atoms with Crippen molar-refractivity contribution in [2.75, 3.05) is 14.2 Å². The van der Waals surface area contributed by atoms with Gasteiger partial charge in [0, 0.05) is 13.1 Å².